The second-order valence-electron chi connectivity index (χ2n) is 4.35. The van der Waals surface area contributed by atoms with E-state index < -0.39 is 5.54 Å². The van der Waals surface area contributed by atoms with Crippen LogP contribution in [0.3, 0.4) is 0 Å². The predicted molar refractivity (Wildman–Crippen MR) is 65.7 cm³/mol. The van der Waals surface area contributed by atoms with Crippen LogP contribution in [0.25, 0.3) is 0 Å². The number of carbonyl (C=O) groups is 1. The molecule has 1 N–H and O–H groups in total. The molecule has 0 spiro atoms. The first kappa shape index (κ1) is 13.7. The Morgan fingerprint density at radius 2 is 2.35 bits per heavy atom. The summed E-state index contributed by atoms with van der Waals surface area (Å²) in [7, 11) is 3.19. The summed E-state index contributed by atoms with van der Waals surface area (Å²) in [5.74, 6) is 0.775. The molecule has 1 heterocycles. The normalized spacial score (nSPS) is 14.4. The van der Waals surface area contributed by atoms with Crippen LogP contribution in [0.5, 0.6) is 0 Å². The Bertz CT molecular complexity index is 376. The zero-order valence-electron chi connectivity index (χ0n) is 11.0. The summed E-state index contributed by atoms with van der Waals surface area (Å²) in [4.78, 5) is 15.8. The minimum Gasteiger partial charge on any atom is -0.468 e. The summed E-state index contributed by atoms with van der Waals surface area (Å²) in [6.07, 6.45) is 5.36. The van der Waals surface area contributed by atoms with Gasteiger partial charge in [-0.3, -0.25) is 4.79 Å². The lowest BCUT2D eigenvalue weighted by molar-refractivity contribution is -0.148. The summed E-state index contributed by atoms with van der Waals surface area (Å²) in [6, 6.07) is 0. The zero-order valence-corrected chi connectivity index (χ0v) is 11.0. The molecule has 0 amide bonds. The van der Waals surface area contributed by atoms with Gasteiger partial charge in [0.15, 0.2) is 0 Å². The zero-order chi connectivity index (χ0) is 12.9. The van der Waals surface area contributed by atoms with E-state index in [1.54, 1.807) is 13.2 Å². The molecule has 1 aromatic heterocycles. The quantitative estimate of drug-likeness (QED) is 0.756. The SMILES string of the molecule is CNC(C)(CCCn1ccnc1C)C(=O)OC. The van der Waals surface area contributed by atoms with Crippen molar-refractivity contribution in [2.75, 3.05) is 14.2 Å². The second-order valence-corrected chi connectivity index (χ2v) is 4.35. The van der Waals surface area contributed by atoms with E-state index in [9.17, 15) is 4.79 Å². The molecule has 1 rings (SSSR count). The van der Waals surface area contributed by atoms with Crippen LogP contribution < -0.4 is 5.32 Å². The van der Waals surface area contributed by atoms with E-state index in [4.69, 9.17) is 4.74 Å². The maximum atomic E-state index is 11.6. The molecule has 0 aliphatic heterocycles. The maximum Gasteiger partial charge on any atom is 0.325 e. The highest BCUT2D eigenvalue weighted by atomic mass is 16.5. The topological polar surface area (TPSA) is 56.2 Å². The van der Waals surface area contributed by atoms with Crippen molar-refractivity contribution in [2.45, 2.75) is 38.8 Å². The van der Waals surface area contributed by atoms with Gasteiger partial charge in [0.2, 0.25) is 0 Å². The first-order valence-corrected chi connectivity index (χ1v) is 5.78. The number of carbonyl (C=O) groups excluding carboxylic acids is 1. The summed E-state index contributed by atoms with van der Waals surface area (Å²) in [5, 5.41) is 3.02. The molecule has 17 heavy (non-hydrogen) atoms. The average Bonchev–Trinajstić information content (AvgIpc) is 2.74. The predicted octanol–water partition coefficient (Wildman–Crippen LogP) is 1.12. The standard InChI is InChI=1S/C12H21N3O2/c1-10-14-7-9-15(10)8-5-6-12(2,13-3)11(16)17-4/h7,9,13H,5-6,8H2,1-4H3. The first-order valence-electron chi connectivity index (χ1n) is 5.78. The number of aromatic nitrogens is 2. The molecular weight excluding hydrogens is 218 g/mol. The van der Waals surface area contributed by atoms with Gasteiger partial charge in [0.1, 0.15) is 11.4 Å². The number of likely N-dealkylation sites (N-methyl/N-ethyl adjacent to an activating group) is 1. The molecule has 1 atom stereocenters. The number of ether oxygens (including phenoxy) is 1. The third kappa shape index (κ3) is 3.30. The molecule has 0 aliphatic rings. The highest BCUT2D eigenvalue weighted by Crippen LogP contribution is 2.14. The number of hydrogen-bond acceptors (Lipinski definition) is 4. The average molecular weight is 239 g/mol. The van der Waals surface area contributed by atoms with E-state index in [-0.39, 0.29) is 5.97 Å². The van der Waals surface area contributed by atoms with Gasteiger partial charge in [0, 0.05) is 18.9 Å². The Balaban J connectivity index is 2.49. The number of imidazole rings is 1. The van der Waals surface area contributed by atoms with Crippen LogP contribution in [0.2, 0.25) is 0 Å². The lowest BCUT2D eigenvalue weighted by Crippen LogP contribution is -2.48. The van der Waals surface area contributed by atoms with Gasteiger partial charge < -0.3 is 14.6 Å². The molecule has 1 aromatic rings. The summed E-state index contributed by atoms with van der Waals surface area (Å²) >= 11 is 0. The molecule has 5 nitrogen and oxygen atoms in total. The third-order valence-corrected chi connectivity index (χ3v) is 3.19. The second kappa shape index (κ2) is 5.82. The Morgan fingerprint density at radius 1 is 1.65 bits per heavy atom. The molecule has 96 valence electrons. The fraction of sp³-hybridized carbons (Fsp3) is 0.667. The van der Waals surface area contributed by atoms with Gasteiger partial charge in [-0.1, -0.05) is 0 Å². The molecule has 0 saturated carbocycles. The lowest BCUT2D eigenvalue weighted by Gasteiger charge is -2.26. The van der Waals surface area contributed by atoms with Crippen LogP contribution in [-0.4, -0.2) is 35.2 Å². The van der Waals surface area contributed by atoms with Crippen LogP contribution in [0, 0.1) is 6.92 Å². The molecule has 0 fully saturated rings. The summed E-state index contributed by atoms with van der Waals surface area (Å²) in [5.41, 5.74) is -0.608. The monoisotopic (exact) mass is 239 g/mol. The smallest absolute Gasteiger partial charge is 0.325 e. The minimum absolute atomic E-state index is 0.220. The lowest BCUT2D eigenvalue weighted by atomic mass is 9.96. The molecule has 0 saturated heterocycles. The van der Waals surface area contributed by atoms with Crippen molar-refractivity contribution >= 4 is 5.97 Å². The van der Waals surface area contributed by atoms with Crippen LogP contribution in [0.4, 0.5) is 0 Å². The number of nitrogens with one attached hydrogen (secondary N) is 1. The van der Waals surface area contributed by atoms with Gasteiger partial charge >= 0.3 is 5.97 Å². The van der Waals surface area contributed by atoms with Crippen LogP contribution in [0.1, 0.15) is 25.6 Å². The fourth-order valence-corrected chi connectivity index (χ4v) is 1.80. The number of hydrogen-bond donors (Lipinski definition) is 1. The van der Waals surface area contributed by atoms with Crippen molar-refractivity contribution in [3.63, 3.8) is 0 Å². The number of esters is 1. The minimum atomic E-state index is -0.608. The van der Waals surface area contributed by atoms with Crippen LogP contribution >= 0.6 is 0 Å². The fourth-order valence-electron chi connectivity index (χ4n) is 1.80. The highest BCUT2D eigenvalue weighted by molar-refractivity contribution is 5.80. The van der Waals surface area contributed by atoms with Crippen LogP contribution in [0.15, 0.2) is 12.4 Å². The Kier molecular flexibility index (Phi) is 4.69. The van der Waals surface area contributed by atoms with Crippen molar-refractivity contribution in [3.8, 4) is 0 Å². The van der Waals surface area contributed by atoms with E-state index >= 15 is 0 Å². The molecule has 0 aromatic carbocycles. The Morgan fingerprint density at radius 3 is 2.82 bits per heavy atom. The van der Waals surface area contributed by atoms with Crippen molar-refractivity contribution in [1.82, 2.24) is 14.9 Å². The van der Waals surface area contributed by atoms with Crippen molar-refractivity contribution in [2.24, 2.45) is 0 Å². The van der Waals surface area contributed by atoms with E-state index in [1.807, 2.05) is 20.0 Å². The van der Waals surface area contributed by atoms with Gasteiger partial charge in [-0.05, 0) is 33.7 Å². The van der Waals surface area contributed by atoms with E-state index in [0.29, 0.717) is 0 Å². The van der Waals surface area contributed by atoms with E-state index in [1.165, 1.54) is 7.11 Å². The maximum absolute atomic E-state index is 11.6. The molecule has 0 aliphatic carbocycles. The highest BCUT2D eigenvalue weighted by Gasteiger charge is 2.31. The van der Waals surface area contributed by atoms with Gasteiger partial charge in [-0.15, -0.1) is 0 Å². The van der Waals surface area contributed by atoms with Crippen molar-refractivity contribution in [3.05, 3.63) is 18.2 Å². The van der Waals surface area contributed by atoms with Gasteiger partial charge in [0.05, 0.1) is 7.11 Å². The first-order chi connectivity index (χ1) is 8.03. The molecular formula is C12H21N3O2. The van der Waals surface area contributed by atoms with Gasteiger partial charge in [-0.25, -0.2) is 4.98 Å². The third-order valence-electron chi connectivity index (χ3n) is 3.19. The van der Waals surface area contributed by atoms with E-state index in [0.717, 1.165) is 25.2 Å². The molecule has 5 heteroatoms. The number of aryl methyl sites for hydroxylation is 2. The Labute approximate surface area is 102 Å². The van der Waals surface area contributed by atoms with Crippen molar-refractivity contribution in [1.29, 1.82) is 0 Å². The Hall–Kier alpha value is -1.36. The largest absolute Gasteiger partial charge is 0.468 e. The van der Waals surface area contributed by atoms with Gasteiger partial charge in [-0.2, -0.15) is 0 Å². The summed E-state index contributed by atoms with van der Waals surface area (Å²) in [6.45, 7) is 4.69. The number of rotatable bonds is 6. The van der Waals surface area contributed by atoms with E-state index in [2.05, 4.69) is 14.9 Å². The molecule has 0 bridgehead atoms. The summed E-state index contributed by atoms with van der Waals surface area (Å²) < 4.78 is 6.87. The molecule has 1 unspecified atom stereocenters. The number of methoxy groups -OCH3 is 1. The van der Waals surface area contributed by atoms with Gasteiger partial charge in [0.25, 0.3) is 0 Å². The molecule has 0 radical (unpaired) electrons. The number of nitrogens with zero attached hydrogens (tertiary/aromatic N) is 2. The van der Waals surface area contributed by atoms with Crippen LogP contribution in [-0.2, 0) is 16.1 Å². The van der Waals surface area contributed by atoms with Crippen molar-refractivity contribution < 1.29 is 9.53 Å².